The zero-order valence-electron chi connectivity index (χ0n) is 14.8. The lowest BCUT2D eigenvalue weighted by atomic mass is 10.1. The monoisotopic (exact) mass is 372 g/mol. The fourth-order valence-corrected chi connectivity index (χ4v) is 2.82. The quantitative estimate of drug-likeness (QED) is 0.729. The lowest BCUT2D eigenvalue weighted by Gasteiger charge is -2.10. The molecule has 1 aliphatic rings. The van der Waals surface area contributed by atoms with Gasteiger partial charge in [0.1, 0.15) is 12.4 Å². The van der Waals surface area contributed by atoms with Gasteiger partial charge in [0.2, 0.25) is 6.79 Å². The van der Waals surface area contributed by atoms with E-state index in [-0.39, 0.29) is 19.3 Å². The molecule has 0 saturated heterocycles. The van der Waals surface area contributed by atoms with Crippen LogP contribution in [0.4, 0.5) is 5.69 Å². The Labute approximate surface area is 161 Å². The van der Waals surface area contributed by atoms with Gasteiger partial charge in [0.05, 0.1) is 11.6 Å². The SMILES string of the molecule is N#Cc1ccccc1COc1cccc(C(=O)Nc2ccc3c(c2)OCO3)c1. The number of anilines is 1. The van der Waals surface area contributed by atoms with Gasteiger partial charge < -0.3 is 19.5 Å². The summed E-state index contributed by atoms with van der Waals surface area (Å²) in [4.78, 5) is 12.6. The van der Waals surface area contributed by atoms with Gasteiger partial charge in [0.15, 0.2) is 11.5 Å². The maximum Gasteiger partial charge on any atom is 0.255 e. The average molecular weight is 372 g/mol. The van der Waals surface area contributed by atoms with Crippen molar-refractivity contribution in [2.75, 3.05) is 12.1 Å². The van der Waals surface area contributed by atoms with Crippen LogP contribution in [-0.4, -0.2) is 12.7 Å². The molecular weight excluding hydrogens is 356 g/mol. The highest BCUT2D eigenvalue weighted by molar-refractivity contribution is 6.04. The van der Waals surface area contributed by atoms with Crippen LogP contribution in [0.3, 0.4) is 0 Å². The van der Waals surface area contributed by atoms with Crippen molar-refractivity contribution in [3.05, 3.63) is 83.4 Å². The molecule has 6 nitrogen and oxygen atoms in total. The molecule has 6 heteroatoms. The Kier molecular flexibility index (Phi) is 4.81. The Bertz CT molecular complexity index is 1070. The van der Waals surface area contributed by atoms with Crippen molar-refractivity contribution < 1.29 is 19.0 Å². The van der Waals surface area contributed by atoms with Gasteiger partial charge in [-0.2, -0.15) is 5.26 Å². The molecule has 0 unspecified atom stereocenters. The molecule has 0 atom stereocenters. The molecule has 0 radical (unpaired) electrons. The standard InChI is InChI=1S/C22H16N2O4/c23-12-16-4-1-2-5-17(16)13-26-19-7-3-6-15(10-19)22(25)24-18-8-9-20-21(11-18)28-14-27-20/h1-11H,13-14H2,(H,24,25). The molecular formula is C22H16N2O4. The molecule has 0 aliphatic carbocycles. The van der Waals surface area contributed by atoms with Crippen LogP contribution < -0.4 is 19.5 Å². The Morgan fingerprint density at radius 3 is 2.79 bits per heavy atom. The van der Waals surface area contributed by atoms with Crippen molar-refractivity contribution in [1.82, 2.24) is 0 Å². The van der Waals surface area contributed by atoms with Crippen molar-refractivity contribution in [2.45, 2.75) is 6.61 Å². The van der Waals surface area contributed by atoms with Crippen molar-refractivity contribution in [3.8, 4) is 23.3 Å². The highest BCUT2D eigenvalue weighted by Crippen LogP contribution is 2.34. The maximum atomic E-state index is 12.6. The second-order valence-corrected chi connectivity index (χ2v) is 6.11. The zero-order valence-corrected chi connectivity index (χ0v) is 14.8. The number of nitrogens with one attached hydrogen (secondary N) is 1. The average Bonchev–Trinajstić information content (AvgIpc) is 3.20. The third-order valence-corrected chi connectivity index (χ3v) is 4.26. The van der Waals surface area contributed by atoms with Gasteiger partial charge in [-0.15, -0.1) is 0 Å². The summed E-state index contributed by atoms with van der Waals surface area (Å²) < 4.78 is 16.4. The molecule has 1 N–H and O–H groups in total. The van der Waals surface area contributed by atoms with E-state index in [2.05, 4.69) is 11.4 Å². The van der Waals surface area contributed by atoms with E-state index in [1.54, 1.807) is 48.5 Å². The summed E-state index contributed by atoms with van der Waals surface area (Å²) in [6, 6.07) is 21.5. The largest absolute Gasteiger partial charge is 0.489 e. The smallest absolute Gasteiger partial charge is 0.255 e. The molecule has 1 amide bonds. The molecule has 0 aromatic heterocycles. The first-order chi connectivity index (χ1) is 13.7. The van der Waals surface area contributed by atoms with E-state index in [1.807, 2.05) is 18.2 Å². The summed E-state index contributed by atoms with van der Waals surface area (Å²) in [5, 5.41) is 12.0. The fourth-order valence-electron chi connectivity index (χ4n) is 2.82. The molecule has 28 heavy (non-hydrogen) atoms. The van der Waals surface area contributed by atoms with Crippen LogP contribution in [-0.2, 0) is 6.61 Å². The first-order valence-electron chi connectivity index (χ1n) is 8.65. The molecule has 1 heterocycles. The van der Waals surface area contributed by atoms with Gasteiger partial charge in [-0.25, -0.2) is 0 Å². The van der Waals surface area contributed by atoms with E-state index in [0.717, 1.165) is 5.56 Å². The van der Waals surface area contributed by atoms with E-state index in [1.165, 1.54) is 0 Å². The van der Waals surface area contributed by atoms with E-state index in [0.29, 0.717) is 34.1 Å². The summed E-state index contributed by atoms with van der Waals surface area (Å²) in [7, 11) is 0. The normalized spacial score (nSPS) is 11.5. The second kappa shape index (κ2) is 7.72. The summed E-state index contributed by atoms with van der Waals surface area (Å²) in [5.41, 5.74) is 2.44. The van der Waals surface area contributed by atoms with Crippen LogP contribution in [0.25, 0.3) is 0 Å². The number of ether oxygens (including phenoxy) is 3. The molecule has 4 rings (SSSR count). The van der Waals surface area contributed by atoms with Crippen LogP contribution in [0.1, 0.15) is 21.5 Å². The summed E-state index contributed by atoms with van der Waals surface area (Å²) in [5.74, 6) is 1.55. The highest BCUT2D eigenvalue weighted by atomic mass is 16.7. The zero-order chi connectivity index (χ0) is 19.3. The number of carbonyl (C=O) groups excluding carboxylic acids is 1. The van der Waals surface area contributed by atoms with Gasteiger partial charge in [0, 0.05) is 22.9 Å². The molecule has 1 aliphatic heterocycles. The van der Waals surface area contributed by atoms with Crippen LogP contribution in [0, 0.1) is 11.3 Å². The Morgan fingerprint density at radius 2 is 1.89 bits per heavy atom. The Morgan fingerprint density at radius 1 is 1.04 bits per heavy atom. The Hall–Kier alpha value is -3.98. The summed E-state index contributed by atoms with van der Waals surface area (Å²) in [6.07, 6.45) is 0. The first-order valence-corrected chi connectivity index (χ1v) is 8.65. The minimum absolute atomic E-state index is 0.182. The molecule has 138 valence electrons. The van der Waals surface area contributed by atoms with E-state index < -0.39 is 0 Å². The van der Waals surface area contributed by atoms with E-state index in [9.17, 15) is 4.79 Å². The molecule has 3 aromatic carbocycles. The van der Waals surface area contributed by atoms with Crippen molar-refractivity contribution in [2.24, 2.45) is 0 Å². The number of amides is 1. The van der Waals surface area contributed by atoms with E-state index in [4.69, 9.17) is 19.5 Å². The third kappa shape index (κ3) is 3.74. The van der Waals surface area contributed by atoms with Crippen LogP contribution >= 0.6 is 0 Å². The second-order valence-electron chi connectivity index (χ2n) is 6.11. The number of rotatable bonds is 5. The number of hydrogen-bond acceptors (Lipinski definition) is 5. The summed E-state index contributed by atoms with van der Waals surface area (Å²) in [6.45, 7) is 0.429. The number of fused-ring (bicyclic) bond motifs is 1. The number of nitrogens with zero attached hydrogens (tertiary/aromatic N) is 1. The van der Waals surface area contributed by atoms with Crippen LogP contribution in [0.15, 0.2) is 66.7 Å². The summed E-state index contributed by atoms with van der Waals surface area (Å²) >= 11 is 0. The van der Waals surface area contributed by atoms with Gasteiger partial charge in [-0.3, -0.25) is 4.79 Å². The predicted molar refractivity (Wildman–Crippen MR) is 102 cm³/mol. The number of hydrogen-bond donors (Lipinski definition) is 1. The minimum Gasteiger partial charge on any atom is -0.489 e. The van der Waals surface area contributed by atoms with Crippen LogP contribution in [0.5, 0.6) is 17.2 Å². The molecule has 0 spiro atoms. The molecule has 0 bridgehead atoms. The molecule has 0 saturated carbocycles. The van der Waals surface area contributed by atoms with Gasteiger partial charge >= 0.3 is 0 Å². The highest BCUT2D eigenvalue weighted by Gasteiger charge is 2.15. The van der Waals surface area contributed by atoms with Crippen molar-refractivity contribution in [1.29, 1.82) is 5.26 Å². The molecule has 0 fully saturated rings. The third-order valence-electron chi connectivity index (χ3n) is 4.26. The van der Waals surface area contributed by atoms with Crippen molar-refractivity contribution >= 4 is 11.6 Å². The van der Waals surface area contributed by atoms with Gasteiger partial charge in [-0.05, 0) is 36.4 Å². The van der Waals surface area contributed by atoms with E-state index >= 15 is 0 Å². The number of benzene rings is 3. The van der Waals surface area contributed by atoms with Crippen molar-refractivity contribution in [3.63, 3.8) is 0 Å². The van der Waals surface area contributed by atoms with Gasteiger partial charge in [-0.1, -0.05) is 24.3 Å². The lowest BCUT2D eigenvalue weighted by Crippen LogP contribution is -2.12. The predicted octanol–water partition coefficient (Wildman–Crippen LogP) is 4.12. The maximum absolute atomic E-state index is 12.6. The Balaban J connectivity index is 1.44. The number of carbonyl (C=O) groups is 1. The first kappa shape index (κ1) is 17.4. The number of nitriles is 1. The fraction of sp³-hybridized carbons (Fsp3) is 0.0909. The molecule has 3 aromatic rings. The van der Waals surface area contributed by atoms with Gasteiger partial charge in [0.25, 0.3) is 5.91 Å². The van der Waals surface area contributed by atoms with Crippen LogP contribution in [0.2, 0.25) is 0 Å². The topological polar surface area (TPSA) is 80.6 Å². The lowest BCUT2D eigenvalue weighted by molar-refractivity contribution is 0.102. The minimum atomic E-state index is -0.262.